The van der Waals surface area contributed by atoms with Gasteiger partial charge in [-0.15, -0.1) is 0 Å². The van der Waals surface area contributed by atoms with Gasteiger partial charge in [-0.05, 0) is 40.8 Å². The Morgan fingerprint density at radius 1 is 1.36 bits per heavy atom. The van der Waals surface area contributed by atoms with Crippen LogP contribution in [0, 0.1) is 9.39 Å². The van der Waals surface area contributed by atoms with Crippen LogP contribution in [0.1, 0.15) is 0 Å². The number of hydrogen-bond acceptors (Lipinski definition) is 2. The third-order valence-corrected chi connectivity index (χ3v) is 2.48. The zero-order valence-electron chi connectivity index (χ0n) is 7.11. The number of rotatable bonds is 1. The molecule has 0 saturated heterocycles. The molecule has 0 amide bonds. The molecule has 0 atom stereocenters. The van der Waals surface area contributed by atoms with Crippen molar-refractivity contribution in [2.75, 3.05) is 5.73 Å². The molecular formula is C9H7FIN3. The van der Waals surface area contributed by atoms with Crippen molar-refractivity contribution in [3.05, 3.63) is 39.8 Å². The molecule has 0 aliphatic carbocycles. The first kappa shape index (κ1) is 9.45. The van der Waals surface area contributed by atoms with Crippen LogP contribution in [0.25, 0.3) is 5.69 Å². The van der Waals surface area contributed by atoms with Gasteiger partial charge in [0, 0.05) is 9.64 Å². The molecule has 0 aliphatic heterocycles. The smallest absolute Gasteiger partial charge is 0.149 e. The van der Waals surface area contributed by atoms with Gasteiger partial charge in [-0.3, -0.25) is 0 Å². The van der Waals surface area contributed by atoms with Crippen molar-refractivity contribution in [1.82, 2.24) is 9.78 Å². The maximum Gasteiger partial charge on any atom is 0.149 e. The highest BCUT2D eigenvalue weighted by atomic mass is 127. The molecule has 0 radical (unpaired) electrons. The van der Waals surface area contributed by atoms with Crippen LogP contribution >= 0.6 is 22.6 Å². The molecule has 1 aromatic carbocycles. The van der Waals surface area contributed by atoms with E-state index >= 15 is 0 Å². The van der Waals surface area contributed by atoms with E-state index in [0.29, 0.717) is 11.5 Å². The van der Waals surface area contributed by atoms with Gasteiger partial charge in [-0.25, -0.2) is 9.07 Å². The number of benzene rings is 1. The summed E-state index contributed by atoms with van der Waals surface area (Å²) in [4.78, 5) is 0. The average molecular weight is 303 g/mol. The second kappa shape index (κ2) is 3.56. The fourth-order valence-corrected chi connectivity index (χ4v) is 1.64. The van der Waals surface area contributed by atoms with E-state index in [1.165, 1.54) is 16.9 Å². The molecule has 1 aromatic heterocycles. The fourth-order valence-electron chi connectivity index (χ4n) is 1.16. The summed E-state index contributed by atoms with van der Waals surface area (Å²) in [6, 6.07) is 6.41. The monoisotopic (exact) mass is 303 g/mol. The van der Waals surface area contributed by atoms with Gasteiger partial charge in [0.2, 0.25) is 0 Å². The summed E-state index contributed by atoms with van der Waals surface area (Å²) in [6.07, 6.45) is 1.54. The van der Waals surface area contributed by atoms with Gasteiger partial charge in [-0.1, -0.05) is 0 Å². The molecule has 3 nitrogen and oxygen atoms in total. The second-order valence-corrected chi connectivity index (χ2v) is 4.01. The van der Waals surface area contributed by atoms with Gasteiger partial charge in [0.15, 0.2) is 0 Å². The fraction of sp³-hybridized carbons (Fsp3) is 0. The molecule has 0 fully saturated rings. The van der Waals surface area contributed by atoms with Crippen LogP contribution in [0.4, 0.5) is 10.2 Å². The van der Waals surface area contributed by atoms with Gasteiger partial charge in [0.05, 0.1) is 6.20 Å². The topological polar surface area (TPSA) is 43.8 Å². The predicted octanol–water partition coefficient (Wildman–Crippen LogP) is 2.20. The lowest BCUT2D eigenvalue weighted by Gasteiger charge is -2.05. The lowest BCUT2D eigenvalue weighted by atomic mass is 10.3. The summed E-state index contributed by atoms with van der Waals surface area (Å²) in [7, 11) is 0. The van der Waals surface area contributed by atoms with Crippen LogP contribution in [0.3, 0.4) is 0 Å². The zero-order chi connectivity index (χ0) is 10.1. The van der Waals surface area contributed by atoms with Gasteiger partial charge in [-0.2, -0.15) is 5.10 Å². The van der Waals surface area contributed by atoms with E-state index < -0.39 is 0 Å². The van der Waals surface area contributed by atoms with Crippen molar-refractivity contribution < 1.29 is 4.39 Å². The predicted molar refractivity (Wildman–Crippen MR) is 60.7 cm³/mol. The standard InChI is InChI=1S/C9H7FIN3/c10-7-2-1-6(11)5-8(7)14-9(12)3-4-13-14/h1-5H,12H2. The van der Waals surface area contributed by atoms with Crippen LogP contribution < -0.4 is 5.73 Å². The molecule has 0 saturated carbocycles. The van der Waals surface area contributed by atoms with Gasteiger partial charge >= 0.3 is 0 Å². The van der Waals surface area contributed by atoms with Crippen molar-refractivity contribution in [3.8, 4) is 5.69 Å². The summed E-state index contributed by atoms with van der Waals surface area (Å²) in [6.45, 7) is 0. The van der Waals surface area contributed by atoms with Crippen LogP contribution in [-0.2, 0) is 0 Å². The van der Waals surface area contributed by atoms with E-state index in [4.69, 9.17) is 5.73 Å². The van der Waals surface area contributed by atoms with Gasteiger partial charge < -0.3 is 5.73 Å². The van der Waals surface area contributed by atoms with E-state index in [-0.39, 0.29) is 5.82 Å². The Bertz CT molecular complexity index is 467. The van der Waals surface area contributed by atoms with E-state index in [9.17, 15) is 4.39 Å². The number of anilines is 1. The Labute approximate surface area is 93.9 Å². The van der Waals surface area contributed by atoms with Crippen molar-refractivity contribution in [3.63, 3.8) is 0 Å². The van der Waals surface area contributed by atoms with E-state index in [1.54, 1.807) is 18.2 Å². The molecule has 2 rings (SSSR count). The molecular weight excluding hydrogens is 296 g/mol. The van der Waals surface area contributed by atoms with E-state index in [1.807, 2.05) is 0 Å². The van der Waals surface area contributed by atoms with Gasteiger partial charge in [0.25, 0.3) is 0 Å². The Kier molecular flexibility index (Phi) is 2.40. The zero-order valence-corrected chi connectivity index (χ0v) is 9.27. The molecule has 0 bridgehead atoms. The lowest BCUT2D eigenvalue weighted by molar-refractivity contribution is 0.611. The van der Waals surface area contributed by atoms with Crippen molar-refractivity contribution in [1.29, 1.82) is 0 Å². The van der Waals surface area contributed by atoms with Crippen molar-refractivity contribution in [2.45, 2.75) is 0 Å². The molecule has 0 spiro atoms. The molecule has 0 unspecified atom stereocenters. The van der Waals surface area contributed by atoms with Crippen LogP contribution in [-0.4, -0.2) is 9.78 Å². The summed E-state index contributed by atoms with van der Waals surface area (Å²) in [5.41, 5.74) is 6.00. The number of nitrogen functional groups attached to an aromatic ring is 1. The van der Waals surface area contributed by atoms with Crippen LogP contribution in [0.5, 0.6) is 0 Å². The second-order valence-electron chi connectivity index (χ2n) is 2.76. The summed E-state index contributed by atoms with van der Waals surface area (Å²) in [5, 5.41) is 3.94. The minimum Gasteiger partial charge on any atom is -0.384 e. The SMILES string of the molecule is Nc1ccnn1-c1cc(I)ccc1F. The quantitative estimate of drug-likeness (QED) is 0.821. The third-order valence-electron chi connectivity index (χ3n) is 1.81. The first-order valence-electron chi connectivity index (χ1n) is 3.93. The maximum absolute atomic E-state index is 13.4. The van der Waals surface area contributed by atoms with E-state index in [0.717, 1.165) is 3.57 Å². The van der Waals surface area contributed by atoms with Crippen molar-refractivity contribution >= 4 is 28.4 Å². The molecule has 72 valence electrons. The van der Waals surface area contributed by atoms with Gasteiger partial charge in [0.1, 0.15) is 17.3 Å². The number of nitrogens with two attached hydrogens (primary N) is 1. The normalized spacial score (nSPS) is 10.4. The van der Waals surface area contributed by atoms with E-state index in [2.05, 4.69) is 27.7 Å². The highest BCUT2D eigenvalue weighted by Crippen LogP contribution is 2.18. The summed E-state index contributed by atoms with van der Waals surface area (Å²) >= 11 is 2.11. The largest absolute Gasteiger partial charge is 0.384 e. The Balaban J connectivity index is 2.62. The number of hydrogen-bond donors (Lipinski definition) is 1. The third kappa shape index (κ3) is 1.59. The lowest BCUT2D eigenvalue weighted by Crippen LogP contribution is -2.04. The first-order chi connectivity index (χ1) is 6.68. The minimum atomic E-state index is -0.333. The number of nitrogens with zero attached hydrogens (tertiary/aromatic N) is 2. The molecule has 2 N–H and O–H groups in total. The van der Waals surface area contributed by atoms with Crippen LogP contribution in [0.2, 0.25) is 0 Å². The Morgan fingerprint density at radius 2 is 2.14 bits per heavy atom. The van der Waals surface area contributed by atoms with Crippen molar-refractivity contribution in [2.24, 2.45) is 0 Å². The summed E-state index contributed by atoms with van der Waals surface area (Å²) in [5.74, 6) is 0.0896. The first-order valence-corrected chi connectivity index (χ1v) is 5.01. The number of aromatic nitrogens is 2. The molecule has 5 heteroatoms. The van der Waals surface area contributed by atoms with Crippen LogP contribution in [0.15, 0.2) is 30.5 Å². The summed E-state index contributed by atoms with van der Waals surface area (Å²) < 4.78 is 15.7. The Hall–Kier alpha value is -1.11. The maximum atomic E-state index is 13.4. The molecule has 14 heavy (non-hydrogen) atoms. The molecule has 2 aromatic rings. The Morgan fingerprint density at radius 3 is 2.79 bits per heavy atom. The molecule has 0 aliphatic rings. The highest BCUT2D eigenvalue weighted by Gasteiger charge is 2.07. The average Bonchev–Trinajstić information content (AvgIpc) is 2.56. The molecule has 1 heterocycles. The number of halogens is 2. The highest BCUT2D eigenvalue weighted by molar-refractivity contribution is 14.1. The minimum absolute atomic E-state index is 0.333.